The number of carbonyl (C=O) groups is 1. The zero-order valence-electron chi connectivity index (χ0n) is 15.1. The first-order valence-electron chi connectivity index (χ1n) is 8.56. The Morgan fingerprint density at radius 2 is 1.67 bits per heavy atom. The van der Waals surface area contributed by atoms with Gasteiger partial charge in [-0.2, -0.15) is 0 Å². The number of cyclic esters (lactones) is 1. The normalized spacial score (nSPS) is 15.0. The topological polar surface area (TPSA) is 44.8 Å². The van der Waals surface area contributed by atoms with Crippen LogP contribution >= 0.6 is 0 Å². The molecule has 134 valence electrons. The van der Waals surface area contributed by atoms with Crippen LogP contribution in [0.5, 0.6) is 11.5 Å². The number of esters is 1. The van der Waals surface area contributed by atoms with E-state index < -0.39 is 0 Å². The number of benzene rings is 3. The number of ether oxygens (including phenoxy) is 3. The second-order valence-corrected chi connectivity index (χ2v) is 6.11. The fourth-order valence-corrected chi connectivity index (χ4v) is 3.26. The molecule has 0 N–H and O–H groups in total. The van der Waals surface area contributed by atoms with Gasteiger partial charge in [-0.25, -0.2) is 4.79 Å². The average molecular weight is 358 g/mol. The molecule has 4 rings (SSSR count). The highest BCUT2D eigenvalue weighted by Gasteiger charge is 2.24. The predicted molar refractivity (Wildman–Crippen MR) is 106 cm³/mol. The number of para-hydroxylation sites is 1. The predicted octanol–water partition coefficient (Wildman–Crippen LogP) is 4.84. The van der Waals surface area contributed by atoms with Crippen molar-refractivity contribution in [2.45, 2.75) is 0 Å². The van der Waals surface area contributed by atoms with Crippen molar-refractivity contribution in [3.05, 3.63) is 83.4 Å². The van der Waals surface area contributed by atoms with E-state index in [2.05, 4.69) is 0 Å². The summed E-state index contributed by atoms with van der Waals surface area (Å²) in [5.41, 5.74) is 2.10. The fourth-order valence-electron chi connectivity index (χ4n) is 3.26. The molecule has 0 amide bonds. The van der Waals surface area contributed by atoms with Gasteiger partial charge in [0, 0.05) is 11.1 Å². The molecule has 4 heteroatoms. The Hall–Kier alpha value is -3.53. The van der Waals surface area contributed by atoms with Crippen molar-refractivity contribution < 1.29 is 19.0 Å². The number of fused-ring (bicyclic) bond motifs is 1. The molecule has 0 aliphatic carbocycles. The van der Waals surface area contributed by atoms with E-state index in [4.69, 9.17) is 14.2 Å². The molecule has 4 nitrogen and oxygen atoms in total. The van der Waals surface area contributed by atoms with Crippen LogP contribution in [0, 0.1) is 0 Å². The summed E-state index contributed by atoms with van der Waals surface area (Å²) in [6.45, 7) is 0. The van der Waals surface area contributed by atoms with E-state index in [-0.39, 0.29) is 5.97 Å². The molecule has 0 unspecified atom stereocenters. The minimum atomic E-state index is -0.386. The summed E-state index contributed by atoms with van der Waals surface area (Å²) in [6.07, 6.45) is 3.52. The van der Waals surface area contributed by atoms with Crippen LogP contribution in [-0.2, 0) is 9.53 Å². The van der Waals surface area contributed by atoms with Crippen LogP contribution in [0.25, 0.3) is 22.6 Å². The molecule has 0 saturated heterocycles. The highest BCUT2D eigenvalue weighted by molar-refractivity contribution is 6.07. The first-order chi connectivity index (χ1) is 13.2. The Labute approximate surface area is 157 Å². The molecular formula is C23H18O4. The summed E-state index contributed by atoms with van der Waals surface area (Å²) < 4.78 is 16.3. The van der Waals surface area contributed by atoms with Crippen LogP contribution in [0.15, 0.2) is 72.3 Å². The molecule has 0 fully saturated rings. The molecule has 1 aliphatic rings. The van der Waals surface area contributed by atoms with Crippen molar-refractivity contribution in [2.75, 3.05) is 14.2 Å². The van der Waals surface area contributed by atoms with Crippen molar-refractivity contribution in [3.8, 4) is 11.5 Å². The van der Waals surface area contributed by atoms with E-state index in [1.165, 1.54) is 0 Å². The summed E-state index contributed by atoms with van der Waals surface area (Å²) in [6, 6.07) is 19.5. The van der Waals surface area contributed by atoms with Crippen molar-refractivity contribution in [3.63, 3.8) is 0 Å². The van der Waals surface area contributed by atoms with Crippen molar-refractivity contribution >= 4 is 28.6 Å². The summed E-state index contributed by atoms with van der Waals surface area (Å²) >= 11 is 0. The fraction of sp³-hybridized carbons (Fsp3) is 0.0870. The quantitative estimate of drug-likeness (QED) is 0.495. The van der Waals surface area contributed by atoms with Gasteiger partial charge < -0.3 is 14.2 Å². The minimum absolute atomic E-state index is 0.386. The van der Waals surface area contributed by atoms with Gasteiger partial charge >= 0.3 is 5.97 Å². The lowest BCUT2D eigenvalue weighted by molar-refractivity contribution is -0.130. The Balaban J connectivity index is 1.79. The molecule has 0 aromatic heterocycles. The van der Waals surface area contributed by atoms with Crippen LogP contribution < -0.4 is 9.47 Å². The third-order valence-corrected chi connectivity index (χ3v) is 4.52. The third-order valence-electron chi connectivity index (χ3n) is 4.52. The van der Waals surface area contributed by atoms with Crippen LogP contribution in [0.2, 0.25) is 0 Å². The Bertz CT molecular complexity index is 1090. The van der Waals surface area contributed by atoms with Gasteiger partial charge in [0.05, 0.1) is 19.8 Å². The maximum atomic E-state index is 12.4. The molecule has 0 saturated carbocycles. The Kier molecular flexibility index (Phi) is 4.38. The summed E-state index contributed by atoms with van der Waals surface area (Å²) in [5, 5.41) is 2.14. The van der Waals surface area contributed by atoms with E-state index in [0.717, 1.165) is 21.9 Å². The molecule has 0 bridgehead atoms. The van der Waals surface area contributed by atoms with Crippen LogP contribution in [0.3, 0.4) is 0 Å². The number of hydrogen-bond donors (Lipinski definition) is 0. The average Bonchev–Trinajstić information content (AvgIpc) is 3.07. The van der Waals surface area contributed by atoms with Gasteiger partial charge in [0.1, 0.15) is 5.76 Å². The highest BCUT2D eigenvalue weighted by atomic mass is 16.5. The van der Waals surface area contributed by atoms with Crippen molar-refractivity contribution in [1.29, 1.82) is 0 Å². The summed E-state index contributed by atoms with van der Waals surface area (Å²) in [4.78, 5) is 12.4. The number of rotatable bonds is 4. The van der Waals surface area contributed by atoms with Crippen LogP contribution in [0.4, 0.5) is 0 Å². The number of methoxy groups -OCH3 is 2. The van der Waals surface area contributed by atoms with Gasteiger partial charge in [-0.05, 0) is 29.0 Å². The zero-order valence-corrected chi connectivity index (χ0v) is 15.1. The van der Waals surface area contributed by atoms with Crippen LogP contribution in [0.1, 0.15) is 11.1 Å². The van der Waals surface area contributed by atoms with Crippen molar-refractivity contribution in [2.24, 2.45) is 0 Å². The molecule has 3 aromatic carbocycles. The minimum Gasteiger partial charge on any atom is -0.493 e. The molecule has 0 radical (unpaired) electrons. The van der Waals surface area contributed by atoms with Gasteiger partial charge in [0.15, 0.2) is 11.5 Å². The maximum Gasteiger partial charge on any atom is 0.343 e. The maximum absolute atomic E-state index is 12.4. The molecule has 0 spiro atoms. The van der Waals surface area contributed by atoms with E-state index in [9.17, 15) is 4.79 Å². The summed E-state index contributed by atoms with van der Waals surface area (Å²) in [7, 11) is 3.15. The van der Waals surface area contributed by atoms with Gasteiger partial charge in [0.25, 0.3) is 0 Å². The summed E-state index contributed by atoms with van der Waals surface area (Å²) in [5.74, 6) is 1.34. The number of hydrogen-bond acceptors (Lipinski definition) is 4. The van der Waals surface area contributed by atoms with E-state index in [1.54, 1.807) is 26.4 Å². The highest BCUT2D eigenvalue weighted by Crippen LogP contribution is 2.35. The van der Waals surface area contributed by atoms with E-state index in [1.807, 2.05) is 60.7 Å². The molecule has 27 heavy (non-hydrogen) atoms. The van der Waals surface area contributed by atoms with E-state index in [0.29, 0.717) is 22.8 Å². The molecule has 1 heterocycles. The zero-order chi connectivity index (χ0) is 18.8. The SMILES string of the molecule is COc1cccc(/C=C2/C=C(c3cccc4ccccc34)OC2=O)c1OC. The molecule has 0 atom stereocenters. The smallest absolute Gasteiger partial charge is 0.343 e. The van der Waals surface area contributed by atoms with Gasteiger partial charge in [-0.15, -0.1) is 0 Å². The largest absolute Gasteiger partial charge is 0.493 e. The van der Waals surface area contributed by atoms with Gasteiger partial charge in [0.2, 0.25) is 0 Å². The monoisotopic (exact) mass is 358 g/mol. The number of carbonyl (C=O) groups excluding carboxylic acids is 1. The molecule has 3 aromatic rings. The van der Waals surface area contributed by atoms with Gasteiger partial charge in [-0.3, -0.25) is 0 Å². The third kappa shape index (κ3) is 3.06. The standard InChI is InChI=1S/C23H18O4/c1-25-20-12-6-9-16(22(20)26-2)13-17-14-21(27-23(17)24)19-11-5-8-15-7-3-4-10-18(15)19/h3-14H,1-2H3/b17-13-. The van der Waals surface area contributed by atoms with Crippen molar-refractivity contribution in [1.82, 2.24) is 0 Å². The molecular weight excluding hydrogens is 340 g/mol. The van der Waals surface area contributed by atoms with E-state index >= 15 is 0 Å². The lowest BCUT2D eigenvalue weighted by Gasteiger charge is -2.10. The Morgan fingerprint density at radius 3 is 2.48 bits per heavy atom. The lowest BCUT2D eigenvalue weighted by Crippen LogP contribution is -1.98. The first kappa shape index (κ1) is 16.9. The molecule has 1 aliphatic heterocycles. The van der Waals surface area contributed by atoms with Crippen LogP contribution in [-0.4, -0.2) is 20.2 Å². The first-order valence-corrected chi connectivity index (χ1v) is 8.56. The Morgan fingerprint density at radius 1 is 0.889 bits per heavy atom. The second kappa shape index (κ2) is 7.00. The van der Waals surface area contributed by atoms with Gasteiger partial charge in [-0.1, -0.05) is 54.6 Å². The second-order valence-electron chi connectivity index (χ2n) is 6.11. The lowest BCUT2D eigenvalue weighted by atomic mass is 10.0.